The minimum Gasteiger partial charge on any atom is -0.508 e. The van der Waals surface area contributed by atoms with Gasteiger partial charge in [0.1, 0.15) is 11.5 Å². The van der Waals surface area contributed by atoms with E-state index in [1.807, 2.05) is 6.08 Å². The molecule has 1 unspecified atom stereocenters. The van der Waals surface area contributed by atoms with Crippen molar-refractivity contribution in [1.29, 1.82) is 0 Å². The van der Waals surface area contributed by atoms with Gasteiger partial charge in [0.05, 0.1) is 11.3 Å². The van der Waals surface area contributed by atoms with Gasteiger partial charge in [0.15, 0.2) is 0 Å². The van der Waals surface area contributed by atoms with Gasteiger partial charge < -0.3 is 10.2 Å². The maximum absolute atomic E-state index is 13.6. The summed E-state index contributed by atoms with van der Waals surface area (Å²) in [6.07, 6.45) is 8.37. The molecule has 0 aromatic heterocycles. The van der Waals surface area contributed by atoms with Crippen molar-refractivity contribution in [3.63, 3.8) is 0 Å². The first-order chi connectivity index (χ1) is 15.0. The van der Waals surface area contributed by atoms with Crippen molar-refractivity contribution in [1.82, 2.24) is 10.4 Å². The van der Waals surface area contributed by atoms with Crippen LogP contribution in [0.2, 0.25) is 0 Å². The molecular formula is C25H26N2O4. The van der Waals surface area contributed by atoms with Crippen LogP contribution in [0.25, 0.3) is 0 Å². The third-order valence-corrected chi connectivity index (χ3v) is 6.06. The lowest BCUT2D eigenvalue weighted by Crippen LogP contribution is -2.46. The summed E-state index contributed by atoms with van der Waals surface area (Å²) in [6, 6.07) is 13.4. The number of rotatable bonds is 7. The van der Waals surface area contributed by atoms with E-state index >= 15 is 0 Å². The van der Waals surface area contributed by atoms with Gasteiger partial charge in [0.2, 0.25) is 0 Å². The average molecular weight is 418 g/mol. The zero-order chi connectivity index (χ0) is 22.0. The number of nitrogens with zero attached hydrogens (tertiary/aromatic N) is 1. The Kier molecular flexibility index (Phi) is 5.65. The molecule has 0 bridgehead atoms. The number of benzene rings is 2. The Morgan fingerprint density at radius 1 is 0.935 bits per heavy atom. The van der Waals surface area contributed by atoms with Crippen molar-refractivity contribution in [3.05, 3.63) is 83.5 Å². The Morgan fingerprint density at radius 3 is 2.06 bits per heavy atom. The predicted molar refractivity (Wildman–Crippen MR) is 117 cm³/mol. The Morgan fingerprint density at radius 2 is 1.52 bits per heavy atom. The van der Waals surface area contributed by atoms with Crippen LogP contribution in [0, 0.1) is 5.92 Å². The van der Waals surface area contributed by atoms with Crippen LogP contribution in [0.15, 0.2) is 72.3 Å². The standard InChI is InChI=1S/C25H26N2O4/c1-2-3-4-16-26-27-23(30)21-6-5-15-25(22(21)24(27)31,17-7-11-19(28)12-8-17)18-9-13-20(29)14-10-18/h5-15,22,26,28-29H,2-4,16H2,1H3. The Bertz CT molecular complexity index is 993. The van der Waals surface area contributed by atoms with Crippen LogP contribution >= 0.6 is 0 Å². The normalized spacial score (nSPS) is 19.5. The van der Waals surface area contributed by atoms with Gasteiger partial charge in [0, 0.05) is 12.1 Å². The van der Waals surface area contributed by atoms with E-state index in [2.05, 4.69) is 12.3 Å². The number of hydrogen-bond donors (Lipinski definition) is 3. The number of amides is 2. The van der Waals surface area contributed by atoms with E-state index in [0.717, 1.165) is 35.4 Å². The van der Waals surface area contributed by atoms with Gasteiger partial charge in [-0.05, 0) is 41.8 Å². The second-order valence-corrected chi connectivity index (χ2v) is 7.97. The molecular weight excluding hydrogens is 392 g/mol. The van der Waals surface area contributed by atoms with E-state index < -0.39 is 11.3 Å². The lowest BCUT2D eigenvalue weighted by Gasteiger charge is -2.38. The van der Waals surface area contributed by atoms with Crippen molar-refractivity contribution in [2.75, 3.05) is 6.54 Å². The number of carbonyl (C=O) groups is 2. The molecule has 31 heavy (non-hydrogen) atoms. The van der Waals surface area contributed by atoms with Crippen molar-refractivity contribution < 1.29 is 19.8 Å². The molecule has 3 N–H and O–H groups in total. The summed E-state index contributed by atoms with van der Waals surface area (Å²) in [5.41, 5.74) is 4.05. The summed E-state index contributed by atoms with van der Waals surface area (Å²) < 4.78 is 0. The number of imide groups is 1. The van der Waals surface area contributed by atoms with Gasteiger partial charge in [-0.1, -0.05) is 62.3 Å². The van der Waals surface area contributed by atoms with Gasteiger partial charge >= 0.3 is 0 Å². The molecule has 4 rings (SSSR count). The quantitative estimate of drug-likeness (QED) is 0.473. The molecule has 1 aliphatic carbocycles. The van der Waals surface area contributed by atoms with Crippen LogP contribution in [0.5, 0.6) is 11.5 Å². The first-order valence-electron chi connectivity index (χ1n) is 10.6. The highest BCUT2D eigenvalue weighted by Crippen LogP contribution is 2.50. The molecule has 0 radical (unpaired) electrons. The Hall–Kier alpha value is -3.38. The average Bonchev–Trinajstić information content (AvgIpc) is 3.02. The largest absolute Gasteiger partial charge is 0.508 e. The molecule has 1 atom stereocenters. The number of nitrogens with one attached hydrogen (secondary N) is 1. The molecule has 1 saturated heterocycles. The van der Waals surface area contributed by atoms with Gasteiger partial charge in [-0.15, -0.1) is 0 Å². The second-order valence-electron chi connectivity index (χ2n) is 7.97. The Balaban J connectivity index is 1.81. The number of allylic oxidation sites excluding steroid dienone is 3. The molecule has 1 aliphatic heterocycles. The van der Waals surface area contributed by atoms with E-state index in [1.54, 1.807) is 60.7 Å². The lowest BCUT2D eigenvalue weighted by atomic mass is 9.62. The third-order valence-electron chi connectivity index (χ3n) is 6.06. The van der Waals surface area contributed by atoms with E-state index in [0.29, 0.717) is 12.1 Å². The molecule has 2 aromatic rings. The third kappa shape index (κ3) is 3.53. The second kappa shape index (κ2) is 8.40. The molecule has 160 valence electrons. The highest BCUT2D eigenvalue weighted by molar-refractivity contribution is 6.16. The summed E-state index contributed by atoms with van der Waals surface area (Å²) in [4.78, 5) is 26.7. The molecule has 2 aliphatic rings. The smallest absolute Gasteiger partial charge is 0.271 e. The van der Waals surface area contributed by atoms with E-state index in [1.165, 1.54) is 0 Å². The molecule has 0 spiro atoms. The van der Waals surface area contributed by atoms with Crippen molar-refractivity contribution in [2.24, 2.45) is 5.92 Å². The van der Waals surface area contributed by atoms with Crippen LogP contribution < -0.4 is 5.43 Å². The predicted octanol–water partition coefficient (Wildman–Crippen LogP) is 3.56. The van der Waals surface area contributed by atoms with Crippen LogP contribution in [0.1, 0.15) is 37.3 Å². The fraction of sp³-hybridized carbons (Fsp3) is 0.280. The summed E-state index contributed by atoms with van der Waals surface area (Å²) in [7, 11) is 0. The number of unbranched alkanes of at least 4 members (excludes halogenated alkanes) is 2. The molecule has 1 heterocycles. The minimum atomic E-state index is -0.946. The van der Waals surface area contributed by atoms with Crippen molar-refractivity contribution >= 4 is 11.8 Å². The number of hydrazine groups is 1. The number of aromatic hydroxyl groups is 2. The summed E-state index contributed by atoms with van der Waals surface area (Å²) in [5.74, 6) is -1.16. The molecule has 2 amide bonds. The first kappa shape index (κ1) is 20.9. The highest BCUT2D eigenvalue weighted by Gasteiger charge is 2.56. The molecule has 6 nitrogen and oxygen atoms in total. The monoisotopic (exact) mass is 418 g/mol. The fourth-order valence-corrected chi connectivity index (χ4v) is 4.50. The summed E-state index contributed by atoms with van der Waals surface area (Å²) in [5, 5.41) is 20.8. The van der Waals surface area contributed by atoms with E-state index in [4.69, 9.17) is 0 Å². The van der Waals surface area contributed by atoms with Crippen LogP contribution in [0.4, 0.5) is 0 Å². The maximum atomic E-state index is 13.6. The van der Waals surface area contributed by atoms with E-state index in [-0.39, 0.29) is 23.3 Å². The first-order valence-corrected chi connectivity index (χ1v) is 10.6. The molecule has 2 aromatic carbocycles. The van der Waals surface area contributed by atoms with Gasteiger partial charge in [-0.25, -0.2) is 10.4 Å². The van der Waals surface area contributed by atoms with Crippen molar-refractivity contribution in [3.8, 4) is 11.5 Å². The van der Waals surface area contributed by atoms with Crippen LogP contribution in [-0.4, -0.2) is 33.6 Å². The van der Waals surface area contributed by atoms with E-state index in [9.17, 15) is 19.8 Å². The van der Waals surface area contributed by atoms with Crippen molar-refractivity contribution in [2.45, 2.75) is 31.6 Å². The molecule has 1 fully saturated rings. The van der Waals surface area contributed by atoms with Gasteiger partial charge in [0.25, 0.3) is 11.8 Å². The fourth-order valence-electron chi connectivity index (χ4n) is 4.50. The topological polar surface area (TPSA) is 89.9 Å². The molecule has 0 saturated carbocycles. The zero-order valence-electron chi connectivity index (χ0n) is 17.4. The number of fused-ring (bicyclic) bond motifs is 1. The molecule has 6 heteroatoms. The van der Waals surface area contributed by atoms with Gasteiger partial charge in [-0.2, -0.15) is 0 Å². The highest BCUT2D eigenvalue weighted by atomic mass is 16.3. The van der Waals surface area contributed by atoms with Gasteiger partial charge in [-0.3, -0.25) is 9.59 Å². The number of phenolic OH excluding ortho intramolecular Hbond substituents is 2. The number of hydrogen-bond acceptors (Lipinski definition) is 5. The SMILES string of the molecule is CCCCCNN1C(=O)C2=CC=CC(c3ccc(O)cc3)(c3ccc(O)cc3)C2C1=O. The number of phenols is 2. The van der Waals surface area contributed by atoms with Crippen LogP contribution in [-0.2, 0) is 15.0 Å². The summed E-state index contributed by atoms with van der Waals surface area (Å²) >= 11 is 0. The maximum Gasteiger partial charge on any atom is 0.271 e. The number of carbonyl (C=O) groups excluding carboxylic acids is 2. The zero-order valence-corrected chi connectivity index (χ0v) is 17.4. The Labute approximate surface area is 181 Å². The lowest BCUT2D eigenvalue weighted by molar-refractivity contribution is -0.143. The minimum absolute atomic E-state index is 0.119. The summed E-state index contributed by atoms with van der Waals surface area (Å²) in [6.45, 7) is 2.64. The van der Waals surface area contributed by atoms with Crippen LogP contribution in [0.3, 0.4) is 0 Å².